The van der Waals surface area contributed by atoms with Crippen molar-refractivity contribution in [2.75, 3.05) is 25.0 Å². The first-order valence-corrected chi connectivity index (χ1v) is 7.53. The van der Waals surface area contributed by atoms with Crippen LogP contribution in [0.25, 0.3) is 0 Å². The van der Waals surface area contributed by atoms with E-state index in [9.17, 15) is 13.6 Å². The maximum absolute atomic E-state index is 13.5. The molecule has 20 heavy (non-hydrogen) atoms. The van der Waals surface area contributed by atoms with E-state index in [2.05, 4.69) is 21.2 Å². The molecule has 2 rings (SSSR count). The van der Waals surface area contributed by atoms with Gasteiger partial charge in [-0.05, 0) is 34.8 Å². The number of rotatable bonds is 3. The van der Waals surface area contributed by atoms with Crippen LogP contribution in [0.5, 0.6) is 0 Å². The normalized spacial score (nSPS) is 15.8. The van der Waals surface area contributed by atoms with Crippen molar-refractivity contribution in [3.8, 4) is 0 Å². The van der Waals surface area contributed by atoms with Gasteiger partial charge in [-0.25, -0.2) is 8.78 Å². The van der Waals surface area contributed by atoms with E-state index in [1.54, 1.807) is 4.90 Å². The molecule has 1 fully saturated rings. The molecule has 0 saturated carbocycles. The topological polar surface area (TPSA) is 32.3 Å². The fourth-order valence-electron chi connectivity index (χ4n) is 2.26. The van der Waals surface area contributed by atoms with Crippen molar-refractivity contribution >= 4 is 27.5 Å². The third-order valence-corrected chi connectivity index (χ3v) is 4.01. The molecule has 110 valence electrons. The molecule has 0 spiro atoms. The van der Waals surface area contributed by atoms with Crippen molar-refractivity contribution in [3.05, 3.63) is 28.2 Å². The summed E-state index contributed by atoms with van der Waals surface area (Å²) in [5, 5.41) is 2.74. The molecule has 0 aliphatic carbocycles. The van der Waals surface area contributed by atoms with Gasteiger partial charge in [0.2, 0.25) is 5.91 Å². The molecular formula is C14H17BrF2N2O. The summed E-state index contributed by atoms with van der Waals surface area (Å²) in [4.78, 5) is 13.8. The van der Waals surface area contributed by atoms with E-state index in [1.807, 2.05) is 0 Å². The Morgan fingerprint density at radius 1 is 1.15 bits per heavy atom. The first-order chi connectivity index (χ1) is 9.58. The van der Waals surface area contributed by atoms with Crippen molar-refractivity contribution in [2.24, 2.45) is 0 Å². The zero-order chi connectivity index (χ0) is 14.5. The van der Waals surface area contributed by atoms with Crippen molar-refractivity contribution in [2.45, 2.75) is 25.7 Å². The molecule has 1 amide bonds. The quantitative estimate of drug-likeness (QED) is 0.849. The van der Waals surface area contributed by atoms with Gasteiger partial charge in [-0.1, -0.05) is 12.8 Å². The van der Waals surface area contributed by atoms with Crippen LogP contribution in [0, 0.1) is 11.6 Å². The van der Waals surface area contributed by atoms with Gasteiger partial charge >= 0.3 is 0 Å². The van der Waals surface area contributed by atoms with Crippen LogP contribution >= 0.6 is 15.9 Å². The standard InChI is InChI=1S/C14H17BrF2N2O/c15-10-7-13(12(17)8-11(10)16)18-9-14(20)19-5-3-1-2-4-6-19/h7-8,18H,1-6,9H2. The number of nitrogens with zero attached hydrogens (tertiary/aromatic N) is 1. The number of halogens is 3. The molecule has 0 unspecified atom stereocenters. The third-order valence-electron chi connectivity index (χ3n) is 3.40. The van der Waals surface area contributed by atoms with Crippen molar-refractivity contribution < 1.29 is 13.6 Å². The van der Waals surface area contributed by atoms with Gasteiger partial charge in [0.25, 0.3) is 0 Å². The van der Waals surface area contributed by atoms with Crippen LogP contribution in [-0.4, -0.2) is 30.4 Å². The van der Waals surface area contributed by atoms with Gasteiger partial charge < -0.3 is 10.2 Å². The monoisotopic (exact) mass is 346 g/mol. The SMILES string of the molecule is O=C(CNc1cc(Br)c(F)cc1F)N1CCCCCC1. The summed E-state index contributed by atoms with van der Waals surface area (Å²) in [7, 11) is 0. The molecule has 1 aromatic carbocycles. The van der Waals surface area contributed by atoms with Gasteiger partial charge in [0.05, 0.1) is 16.7 Å². The minimum atomic E-state index is -0.700. The number of hydrogen-bond donors (Lipinski definition) is 1. The molecule has 1 heterocycles. The van der Waals surface area contributed by atoms with Crippen LogP contribution in [0.3, 0.4) is 0 Å². The molecule has 1 aliphatic heterocycles. The highest BCUT2D eigenvalue weighted by Gasteiger charge is 2.16. The number of likely N-dealkylation sites (tertiary alicyclic amines) is 1. The van der Waals surface area contributed by atoms with Crippen LogP contribution < -0.4 is 5.32 Å². The Hall–Kier alpha value is -1.17. The predicted molar refractivity (Wildman–Crippen MR) is 77.6 cm³/mol. The average molecular weight is 347 g/mol. The smallest absolute Gasteiger partial charge is 0.241 e. The van der Waals surface area contributed by atoms with E-state index < -0.39 is 11.6 Å². The summed E-state index contributed by atoms with van der Waals surface area (Å²) in [5.74, 6) is -1.41. The Bertz CT molecular complexity index is 488. The molecular weight excluding hydrogens is 330 g/mol. The van der Waals surface area contributed by atoms with E-state index >= 15 is 0 Å². The van der Waals surface area contributed by atoms with Gasteiger partial charge in [0, 0.05) is 19.2 Å². The number of benzene rings is 1. The number of nitrogens with one attached hydrogen (secondary N) is 1. The van der Waals surface area contributed by atoms with Crippen molar-refractivity contribution in [1.29, 1.82) is 0 Å². The van der Waals surface area contributed by atoms with Gasteiger partial charge in [0.15, 0.2) is 0 Å². The van der Waals surface area contributed by atoms with Crippen LogP contribution in [-0.2, 0) is 4.79 Å². The van der Waals surface area contributed by atoms with Crippen molar-refractivity contribution in [1.82, 2.24) is 4.90 Å². The number of amides is 1. The zero-order valence-corrected chi connectivity index (χ0v) is 12.7. The first kappa shape index (κ1) is 15.2. The predicted octanol–water partition coefficient (Wildman–Crippen LogP) is 3.54. The van der Waals surface area contributed by atoms with Crippen LogP contribution in [0.4, 0.5) is 14.5 Å². The van der Waals surface area contributed by atoms with Gasteiger partial charge in [-0.2, -0.15) is 0 Å². The highest BCUT2D eigenvalue weighted by atomic mass is 79.9. The van der Waals surface area contributed by atoms with E-state index in [4.69, 9.17) is 0 Å². The number of carbonyl (C=O) groups is 1. The molecule has 1 N–H and O–H groups in total. The molecule has 1 aliphatic rings. The van der Waals surface area contributed by atoms with Crippen LogP contribution in [0.1, 0.15) is 25.7 Å². The Balaban J connectivity index is 1.94. The summed E-state index contributed by atoms with van der Waals surface area (Å²) in [6.45, 7) is 1.54. The number of hydrogen-bond acceptors (Lipinski definition) is 2. The molecule has 0 radical (unpaired) electrons. The first-order valence-electron chi connectivity index (χ1n) is 6.74. The second kappa shape index (κ2) is 7.02. The van der Waals surface area contributed by atoms with E-state index in [1.165, 1.54) is 6.07 Å². The fourth-order valence-corrected chi connectivity index (χ4v) is 2.60. The summed E-state index contributed by atoms with van der Waals surface area (Å²) in [5.41, 5.74) is 0.126. The van der Waals surface area contributed by atoms with Crippen LogP contribution in [0.15, 0.2) is 16.6 Å². The van der Waals surface area contributed by atoms with Gasteiger partial charge in [-0.3, -0.25) is 4.79 Å². The Kier molecular flexibility index (Phi) is 5.34. The lowest BCUT2D eigenvalue weighted by Crippen LogP contribution is -2.36. The second-order valence-electron chi connectivity index (χ2n) is 4.89. The lowest BCUT2D eigenvalue weighted by Gasteiger charge is -2.20. The largest absolute Gasteiger partial charge is 0.374 e. The van der Waals surface area contributed by atoms with Gasteiger partial charge in [0.1, 0.15) is 11.6 Å². The van der Waals surface area contributed by atoms with E-state index in [0.29, 0.717) is 0 Å². The van der Waals surface area contributed by atoms with Crippen molar-refractivity contribution in [3.63, 3.8) is 0 Å². The highest BCUT2D eigenvalue weighted by molar-refractivity contribution is 9.10. The van der Waals surface area contributed by atoms with E-state index in [0.717, 1.165) is 44.8 Å². The number of carbonyl (C=O) groups excluding carboxylic acids is 1. The van der Waals surface area contributed by atoms with Gasteiger partial charge in [-0.15, -0.1) is 0 Å². The Labute approximate surface area is 125 Å². The molecule has 3 nitrogen and oxygen atoms in total. The van der Waals surface area contributed by atoms with E-state index in [-0.39, 0.29) is 22.6 Å². The Morgan fingerprint density at radius 3 is 2.45 bits per heavy atom. The summed E-state index contributed by atoms with van der Waals surface area (Å²) < 4.78 is 26.8. The summed E-state index contributed by atoms with van der Waals surface area (Å²) >= 11 is 3.00. The lowest BCUT2D eigenvalue weighted by molar-refractivity contribution is -0.129. The maximum Gasteiger partial charge on any atom is 0.241 e. The molecule has 1 aromatic rings. The average Bonchev–Trinajstić information content (AvgIpc) is 2.70. The minimum Gasteiger partial charge on any atom is -0.374 e. The minimum absolute atomic E-state index is 0.0228. The van der Waals surface area contributed by atoms with Crippen LogP contribution in [0.2, 0.25) is 0 Å². The highest BCUT2D eigenvalue weighted by Crippen LogP contribution is 2.23. The maximum atomic E-state index is 13.5. The Morgan fingerprint density at radius 2 is 1.80 bits per heavy atom. The zero-order valence-electron chi connectivity index (χ0n) is 11.1. The lowest BCUT2D eigenvalue weighted by atomic mass is 10.2. The summed E-state index contributed by atoms with van der Waals surface area (Å²) in [6.07, 6.45) is 4.33. The number of anilines is 1. The molecule has 0 bridgehead atoms. The molecule has 0 atom stereocenters. The molecule has 0 aromatic heterocycles. The second-order valence-corrected chi connectivity index (χ2v) is 5.75. The summed E-state index contributed by atoms with van der Waals surface area (Å²) in [6, 6.07) is 2.10. The third kappa shape index (κ3) is 3.91. The fraction of sp³-hybridized carbons (Fsp3) is 0.500. The molecule has 6 heteroatoms. The molecule has 1 saturated heterocycles.